The molecule has 1 nitrogen and oxygen atoms in total. The molecule has 19 heavy (non-hydrogen) atoms. The molecule has 2 heterocycles. The largest absolute Gasteiger partial charge is 0.213 e. The number of hydrogen-bond acceptors (Lipinski definition) is 0. The van der Waals surface area contributed by atoms with Gasteiger partial charge in [-0.15, -0.1) is 0 Å². The lowest BCUT2D eigenvalue weighted by Gasteiger charge is -2.02. The molecule has 0 atom stereocenters. The zero-order valence-electron chi connectivity index (χ0n) is 10.6. The van der Waals surface area contributed by atoms with Crippen molar-refractivity contribution in [3.05, 3.63) is 78.5 Å². The highest BCUT2D eigenvalue weighted by atomic mass is 15.0. The molecular formula is C18H14N+. The predicted octanol–water partition coefficient (Wildman–Crippen LogP) is 3.67. The van der Waals surface area contributed by atoms with Crippen LogP contribution in [0.2, 0.25) is 0 Å². The number of hydrogen-bond donors (Lipinski definition) is 0. The van der Waals surface area contributed by atoms with Crippen LogP contribution in [0.25, 0.3) is 22.4 Å². The molecule has 0 N–H and O–H groups in total. The van der Waals surface area contributed by atoms with Gasteiger partial charge in [0.1, 0.15) is 0 Å². The second-order valence-electron chi connectivity index (χ2n) is 4.95. The van der Waals surface area contributed by atoms with Crippen molar-refractivity contribution in [2.24, 2.45) is 0 Å². The summed E-state index contributed by atoms with van der Waals surface area (Å²) in [5, 5.41) is 0. The summed E-state index contributed by atoms with van der Waals surface area (Å²) < 4.78 is 2.30. The van der Waals surface area contributed by atoms with Crippen LogP contribution in [0.5, 0.6) is 0 Å². The van der Waals surface area contributed by atoms with Crippen LogP contribution in [0.15, 0.2) is 72.9 Å². The highest BCUT2D eigenvalue weighted by Gasteiger charge is 2.25. The van der Waals surface area contributed by atoms with Crippen molar-refractivity contribution < 1.29 is 4.57 Å². The van der Waals surface area contributed by atoms with Crippen LogP contribution in [-0.4, -0.2) is 0 Å². The average molecular weight is 244 g/mol. The Hall–Kier alpha value is -2.41. The van der Waals surface area contributed by atoms with Crippen LogP contribution in [0, 0.1) is 0 Å². The first-order valence-corrected chi connectivity index (χ1v) is 6.59. The number of nitrogens with zero attached hydrogens (tertiary/aromatic N) is 1. The van der Waals surface area contributed by atoms with Crippen LogP contribution in [0.3, 0.4) is 0 Å². The van der Waals surface area contributed by atoms with E-state index in [2.05, 4.69) is 77.5 Å². The van der Waals surface area contributed by atoms with Crippen LogP contribution < -0.4 is 4.57 Å². The van der Waals surface area contributed by atoms with Crippen molar-refractivity contribution >= 4 is 0 Å². The summed E-state index contributed by atoms with van der Waals surface area (Å²) in [6, 6.07) is 23.7. The Morgan fingerprint density at radius 2 is 1.58 bits per heavy atom. The van der Waals surface area contributed by atoms with E-state index in [1.54, 1.807) is 0 Å². The molecule has 90 valence electrons. The van der Waals surface area contributed by atoms with Crippen molar-refractivity contribution in [3.63, 3.8) is 0 Å². The van der Waals surface area contributed by atoms with Crippen LogP contribution in [0.4, 0.5) is 0 Å². The minimum Gasteiger partial charge on any atom is -0.194 e. The molecule has 0 bridgehead atoms. The minimum absolute atomic E-state index is 0.987. The quantitative estimate of drug-likeness (QED) is 0.450. The Kier molecular flexibility index (Phi) is 2.25. The summed E-state index contributed by atoms with van der Waals surface area (Å²) in [6.45, 7) is 0.987. The average Bonchev–Trinajstić information content (AvgIpc) is 2.86. The minimum atomic E-state index is 0.987. The molecule has 3 aromatic rings. The molecule has 0 saturated heterocycles. The van der Waals surface area contributed by atoms with Crippen molar-refractivity contribution in [1.82, 2.24) is 0 Å². The van der Waals surface area contributed by atoms with Crippen molar-refractivity contribution in [2.75, 3.05) is 0 Å². The number of pyridine rings is 1. The molecular weight excluding hydrogens is 230 g/mol. The molecule has 0 saturated carbocycles. The third-order valence-electron chi connectivity index (χ3n) is 3.77. The first-order chi connectivity index (χ1) is 9.42. The summed E-state index contributed by atoms with van der Waals surface area (Å²) in [7, 11) is 0. The van der Waals surface area contributed by atoms with Gasteiger partial charge in [-0.25, -0.2) is 0 Å². The standard InChI is InChI=1S/C18H14N/c1-2-6-14(7-3-1)15-9-10-16-13-19-11-5-4-8-18(19)17(16)12-15/h1-12H,13H2/q+1. The van der Waals surface area contributed by atoms with E-state index >= 15 is 0 Å². The van der Waals surface area contributed by atoms with Gasteiger partial charge in [0.15, 0.2) is 12.7 Å². The Bertz CT molecular complexity index is 745. The van der Waals surface area contributed by atoms with Gasteiger partial charge >= 0.3 is 0 Å². The second kappa shape index (κ2) is 4.06. The van der Waals surface area contributed by atoms with E-state index in [4.69, 9.17) is 0 Å². The molecule has 1 heteroatoms. The van der Waals surface area contributed by atoms with Gasteiger partial charge in [-0.05, 0) is 23.3 Å². The third-order valence-corrected chi connectivity index (χ3v) is 3.77. The number of benzene rings is 2. The van der Waals surface area contributed by atoms with Gasteiger partial charge in [-0.1, -0.05) is 42.5 Å². The van der Waals surface area contributed by atoms with Crippen molar-refractivity contribution in [2.45, 2.75) is 6.54 Å². The smallest absolute Gasteiger partial charge is 0.194 e. The Morgan fingerprint density at radius 1 is 0.737 bits per heavy atom. The monoisotopic (exact) mass is 244 g/mol. The Balaban J connectivity index is 1.89. The second-order valence-corrected chi connectivity index (χ2v) is 4.95. The summed E-state index contributed by atoms with van der Waals surface area (Å²) in [5.41, 5.74) is 6.65. The lowest BCUT2D eigenvalue weighted by atomic mass is 9.99. The van der Waals surface area contributed by atoms with E-state index in [1.807, 2.05) is 0 Å². The van der Waals surface area contributed by atoms with Crippen LogP contribution in [-0.2, 0) is 6.54 Å². The molecule has 1 aliphatic heterocycles. The van der Waals surface area contributed by atoms with Gasteiger partial charge in [0.25, 0.3) is 0 Å². The summed E-state index contributed by atoms with van der Waals surface area (Å²) in [6.07, 6.45) is 2.15. The maximum Gasteiger partial charge on any atom is 0.213 e. The fourth-order valence-electron chi connectivity index (χ4n) is 2.81. The molecule has 0 fully saturated rings. The highest BCUT2D eigenvalue weighted by molar-refractivity contribution is 5.73. The van der Waals surface area contributed by atoms with E-state index in [-0.39, 0.29) is 0 Å². The topological polar surface area (TPSA) is 3.88 Å². The van der Waals surface area contributed by atoms with E-state index in [0.29, 0.717) is 0 Å². The van der Waals surface area contributed by atoms with Gasteiger partial charge < -0.3 is 0 Å². The summed E-state index contributed by atoms with van der Waals surface area (Å²) in [5.74, 6) is 0. The summed E-state index contributed by atoms with van der Waals surface area (Å²) in [4.78, 5) is 0. The molecule has 0 radical (unpaired) electrons. The fraction of sp³-hybridized carbons (Fsp3) is 0.0556. The summed E-state index contributed by atoms with van der Waals surface area (Å²) >= 11 is 0. The van der Waals surface area contributed by atoms with Gasteiger partial charge in [-0.2, -0.15) is 4.57 Å². The molecule has 0 aliphatic carbocycles. The van der Waals surface area contributed by atoms with Crippen molar-refractivity contribution in [3.8, 4) is 22.4 Å². The zero-order chi connectivity index (χ0) is 12.7. The van der Waals surface area contributed by atoms with Gasteiger partial charge in [0, 0.05) is 17.7 Å². The highest BCUT2D eigenvalue weighted by Crippen LogP contribution is 2.31. The normalized spacial score (nSPS) is 12.0. The maximum atomic E-state index is 2.31. The van der Waals surface area contributed by atoms with E-state index in [1.165, 1.54) is 27.9 Å². The molecule has 4 rings (SSSR count). The zero-order valence-corrected chi connectivity index (χ0v) is 10.6. The van der Waals surface area contributed by atoms with E-state index < -0.39 is 0 Å². The number of rotatable bonds is 1. The number of aromatic nitrogens is 1. The van der Waals surface area contributed by atoms with E-state index in [9.17, 15) is 0 Å². The molecule has 1 aliphatic rings. The Morgan fingerprint density at radius 3 is 2.47 bits per heavy atom. The van der Waals surface area contributed by atoms with Crippen LogP contribution in [0.1, 0.15) is 5.56 Å². The van der Waals surface area contributed by atoms with E-state index in [0.717, 1.165) is 6.54 Å². The fourth-order valence-corrected chi connectivity index (χ4v) is 2.81. The lowest BCUT2D eigenvalue weighted by Crippen LogP contribution is -2.31. The lowest BCUT2D eigenvalue weighted by molar-refractivity contribution is -0.672. The first-order valence-electron chi connectivity index (χ1n) is 6.59. The predicted molar refractivity (Wildman–Crippen MR) is 76.6 cm³/mol. The van der Waals surface area contributed by atoms with Crippen molar-refractivity contribution in [1.29, 1.82) is 0 Å². The Labute approximate surface area is 112 Å². The third kappa shape index (κ3) is 1.66. The molecule has 1 aromatic heterocycles. The first kappa shape index (κ1) is 10.5. The molecule has 0 amide bonds. The van der Waals surface area contributed by atoms with Gasteiger partial charge in [0.2, 0.25) is 5.69 Å². The van der Waals surface area contributed by atoms with Crippen LogP contribution >= 0.6 is 0 Å². The van der Waals surface area contributed by atoms with Gasteiger partial charge in [-0.3, -0.25) is 0 Å². The number of fused-ring (bicyclic) bond motifs is 3. The SMILES string of the molecule is c1ccc(-c2ccc3c(c2)-c2cccc[n+]2C3)cc1. The molecule has 0 unspecified atom stereocenters. The van der Waals surface area contributed by atoms with Gasteiger partial charge in [0.05, 0.1) is 5.56 Å². The molecule has 0 spiro atoms. The molecule has 2 aromatic carbocycles. The maximum absolute atomic E-state index is 2.31.